The second kappa shape index (κ2) is 4.75. The van der Waals surface area contributed by atoms with Gasteiger partial charge in [0.15, 0.2) is 0 Å². The van der Waals surface area contributed by atoms with Crippen molar-refractivity contribution in [2.24, 2.45) is 5.73 Å². The van der Waals surface area contributed by atoms with Crippen LogP contribution in [0.3, 0.4) is 0 Å². The number of hydrogen-bond donors (Lipinski definition) is 2. The lowest BCUT2D eigenvalue weighted by atomic mass is 9.79. The number of benzene rings is 1. The summed E-state index contributed by atoms with van der Waals surface area (Å²) in [4.78, 5) is 26.0. The molecule has 2 aliphatic rings. The largest absolute Gasteiger partial charge is 0.329 e. The van der Waals surface area contributed by atoms with Crippen LogP contribution in [0.15, 0.2) is 24.3 Å². The molecule has 3 amide bonds. The lowest BCUT2D eigenvalue weighted by Gasteiger charge is -2.33. The maximum Gasteiger partial charge on any atom is 0.329 e. The summed E-state index contributed by atoms with van der Waals surface area (Å²) in [7, 11) is 0. The van der Waals surface area contributed by atoms with Gasteiger partial charge in [0.2, 0.25) is 0 Å². The quantitative estimate of drug-likeness (QED) is 0.778. The van der Waals surface area contributed by atoms with Crippen LogP contribution in [-0.2, 0) is 4.79 Å². The average molecular weight is 294 g/mol. The minimum absolute atomic E-state index is 0.111. The Labute approximate surface area is 122 Å². The predicted octanol–water partition coefficient (Wildman–Crippen LogP) is 2.04. The maximum absolute atomic E-state index is 12.7. The van der Waals surface area contributed by atoms with Gasteiger partial charge in [-0.3, -0.25) is 4.79 Å². The molecule has 0 unspecified atom stereocenters. The van der Waals surface area contributed by atoms with Gasteiger partial charge in [-0.05, 0) is 37.8 Å². The molecule has 1 saturated heterocycles. The Kier molecular flexibility index (Phi) is 3.18. The van der Waals surface area contributed by atoms with Crippen LogP contribution in [0, 0.1) is 0 Å². The summed E-state index contributed by atoms with van der Waals surface area (Å²) >= 11 is 6.09. The Morgan fingerprint density at radius 2 is 1.90 bits per heavy atom. The van der Waals surface area contributed by atoms with Crippen LogP contribution >= 0.6 is 11.6 Å². The molecule has 0 radical (unpaired) electrons. The highest BCUT2D eigenvalue weighted by atomic mass is 35.5. The van der Waals surface area contributed by atoms with Crippen LogP contribution < -0.4 is 16.0 Å². The molecule has 1 aromatic rings. The molecule has 1 aliphatic heterocycles. The van der Waals surface area contributed by atoms with Gasteiger partial charge in [-0.25, -0.2) is 9.69 Å². The Morgan fingerprint density at radius 3 is 2.55 bits per heavy atom. The molecule has 6 heteroatoms. The molecule has 0 atom stereocenters. The summed E-state index contributed by atoms with van der Waals surface area (Å²) in [5.74, 6) is -0.220. The summed E-state index contributed by atoms with van der Waals surface area (Å²) in [5, 5.41) is 3.23. The molecular weight excluding hydrogens is 278 g/mol. The Hall–Kier alpha value is -1.59. The minimum Gasteiger partial charge on any atom is -0.328 e. The van der Waals surface area contributed by atoms with Crippen molar-refractivity contribution < 1.29 is 9.59 Å². The standard InChI is InChI=1S/C14H16ClN3O2/c15-10-3-1-2-4-11(10)18-12(19)14(17-13(18)20)7-5-9(16)6-8-14/h1-4,9H,5-8,16H2,(H,17,20)/t9-,14+. The number of nitrogens with two attached hydrogens (primary N) is 1. The lowest BCUT2D eigenvalue weighted by molar-refractivity contribution is -0.123. The number of nitrogens with zero attached hydrogens (tertiary/aromatic N) is 1. The Bertz CT molecular complexity index is 567. The Balaban J connectivity index is 1.94. The monoisotopic (exact) mass is 293 g/mol. The van der Waals surface area contributed by atoms with Gasteiger partial charge in [0, 0.05) is 6.04 Å². The molecule has 5 nitrogen and oxygen atoms in total. The van der Waals surface area contributed by atoms with E-state index in [2.05, 4.69) is 5.32 Å². The number of carbonyl (C=O) groups is 2. The van der Waals surface area contributed by atoms with Crippen molar-refractivity contribution in [1.29, 1.82) is 0 Å². The molecule has 20 heavy (non-hydrogen) atoms. The van der Waals surface area contributed by atoms with E-state index >= 15 is 0 Å². The number of rotatable bonds is 1. The van der Waals surface area contributed by atoms with E-state index in [1.165, 1.54) is 0 Å². The normalized spacial score (nSPS) is 29.9. The Morgan fingerprint density at radius 1 is 1.25 bits per heavy atom. The molecule has 1 aromatic carbocycles. The number of halogens is 1. The summed E-state index contributed by atoms with van der Waals surface area (Å²) in [6.45, 7) is 0. The highest BCUT2D eigenvalue weighted by Gasteiger charge is 2.52. The van der Waals surface area contributed by atoms with Crippen LogP contribution in [-0.4, -0.2) is 23.5 Å². The number of carbonyl (C=O) groups excluding carboxylic acids is 2. The molecule has 3 rings (SSSR count). The van der Waals surface area contributed by atoms with E-state index in [1.807, 2.05) is 0 Å². The topological polar surface area (TPSA) is 75.4 Å². The first-order valence-electron chi connectivity index (χ1n) is 6.70. The van der Waals surface area contributed by atoms with Crippen molar-refractivity contribution in [1.82, 2.24) is 5.32 Å². The highest BCUT2D eigenvalue weighted by molar-refractivity contribution is 6.36. The smallest absolute Gasteiger partial charge is 0.328 e. The van der Waals surface area contributed by atoms with Gasteiger partial charge < -0.3 is 11.1 Å². The van der Waals surface area contributed by atoms with Gasteiger partial charge in [0.05, 0.1) is 10.7 Å². The van der Waals surface area contributed by atoms with Crippen LogP contribution in [0.4, 0.5) is 10.5 Å². The van der Waals surface area contributed by atoms with Crippen LogP contribution in [0.2, 0.25) is 5.02 Å². The fourth-order valence-electron chi connectivity index (χ4n) is 2.94. The van der Waals surface area contributed by atoms with Crippen molar-refractivity contribution in [3.05, 3.63) is 29.3 Å². The van der Waals surface area contributed by atoms with Gasteiger partial charge in [0.1, 0.15) is 5.54 Å². The van der Waals surface area contributed by atoms with Gasteiger partial charge >= 0.3 is 6.03 Å². The molecule has 106 valence electrons. The molecule has 1 spiro atoms. The zero-order valence-electron chi connectivity index (χ0n) is 10.9. The first-order valence-corrected chi connectivity index (χ1v) is 7.08. The summed E-state index contributed by atoms with van der Waals surface area (Å²) in [6, 6.07) is 6.56. The van der Waals surface area contributed by atoms with E-state index in [4.69, 9.17) is 17.3 Å². The van der Waals surface area contributed by atoms with Crippen LogP contribution in [0.25, 0.3) is 0 Å². The van der Waals surface area contributed by atoms with Crippen molar-refractivity contribution in [2.45, 2.75) is 37.3 Å². The van der Waals surface area contributed by atoms with E-state index in [0.29, 0.717) is 23.6 Å². The molecule has 1 aliphatic carbocycles. The average Bonchev–Trinajstić information content (AvgIpc) is 2.66. The third-order valence-corrected chi connectivity index (χ3v) is 4.46. The molecule has 0 aromatic heterocycles. The lowest BCUT2D eigenvalue weighted by Crippen LogP contribution is -2.51. The minimum atomic E-state index is -0.799. The third kappa shape index (κ3) is 1.98. The van der Waals surface area contributed by atoms with Crippen molar-refractivity contribution in [3.63, 3.8) is 0 Å². The maximum atomic E-state index is 12.7. The number of para-hydroxylation sites is 1. The second-order valence-corrected chi connectivity index (χ2v) is 5.85. The van der Waals surface area contributed by atoms with Gasteiger partial charge in [0.25, 0.3) is 5.91 Å². The second-order valence-electron chi connectivity index (χ2n) is 5.44. The summed E-state index contributed by atoms with van der Waals surface area (Å²) in [6.07, 6.45) is 2.64. The molecule has 2 fully saturated rings. The number of hydrogen-bond acceptors (Lipinski definition) is 3. The predicted molar refractivity (Wildman–Crippen MR) is 76.6 cm³/mol. The zero-order chi connectivity index (χ0) is 14.3. The number of urea groups is 1. The number of imide groups is 1. The fraction of sp³-hybridized carbons (Fsp3) is 0.429. The SMILES string of the molecule is N[C@H]1CC[C@]2(CC1)NC(=O)N(c1ccccc1Cl)C2=O. The van der Waals surface area contributed by atoms with Gasteiger partial charge in [-0.2, -0.15) is 0 Å². The molecule has 1 heterocycles. The van der Waals surface area contributed by atoms with Gasteiger partial charge in [-0.15, -0.1) is 0 Å². The fourth-order valence-corrected chi connectivity index (χ4v) is 3.16. The number of nitrogens with one attached hydrogen (secondary N) is 1. The van der Waals surface area contributed by atoms with E-state index in [-0.39, 0.29) is 11.9 Å². The molecule has 1 saturated carbocycles. The highest BCUT2D eigenvalue weighted by Crippen LogP contribution is 2.37. The summed E-state index contributed by atoms with van der Waals surface area (Å²) in [5.41, 5.74) is 5.51. The van der Waals surface area contributed by atoms with Gasteiger partial charge in [-0.1, -0.05) is 23.7 Å². The zero-order valence-corrected chi connectivity index (χ0v) is 11.7. The first-order chi connectivity index (χ1) is 9.53. The third-order valence-electron chi connectivity index (χ3n) is 4.14. The van der Waals surface area contributed by atoms with E-state index in [9.17, 15) is 9.59 Å². The first kappa shape index (κ1) is 13.4. The van der Waals surface area contributed by atoms with E-state index in [0.717, 1.165) is 17.7 Å². The molecule has 0 bridgehead atoms. The number of anilines is 1. The molecule has 3 N–H and O–H groups in total. The van der Waals surface area contributed by atoms with Crippen molar-refractivity contribution in [2.75, 3.05) is 4.90 Å². The van der Waals surface area contributed by atoms with Crippen molar-refractivity contribution >= 4 is 29.2 Å². The van der Waals surface area contributed by atoms with E-state index < -0.39 is 11.6 Å². The number of amides is 3. The van der Waals surface area contributed by atoms with Crippen molar-refractivity contribution in [3.8, 4) is 0 Å². The summed E-state index contributed by atoms with van der Waals surface area (Å²) < 4.78 is 0. The van der Waals surface area contributed by atoms with Crippen LogP contribution in [0.1, 0.15) is 25.7 Å². The molecular formula is C14H16ClN3O2. The van der Waals surface area contributed by atoms with E-state index in [1.54, 1.807) is 24.3 Å². The van der Waals surface area contributed by atoms with Crippen LogP contribution in [0.5, 0.6) is 0 Å².